The predicted molar refractivity (Wildman–Crippen MR) is 87.4 cm³/mol. The Balaban J connectivity index is 1.90. The quantitative estimate of drug-likeness (QED) is 0.769. The summed E-state index contributed by atoms with van der Waals surface area (Å²) in [5.41, 5.74) is 1.97. The monoisotopic (exact) mass is 345 g/mol. The van der Waals surface area contributed by atoms with Gasteiger partial charge in [-0.25, -0.2) is 18.1 Å². The average Bonchev–Trinajstić information content (AvgIpc) is 3.06. The van der Waals surface area contributed by atoms with Gasteiger partial charge in [0.2, 0.25) is 10.0 Å². The van der Waals surface area contributed by atoms with E-state index >= 15 is 0 Å². The fourth-order valence-electron chi connectivity index (χ4n) is 1.74. The minimum Gasteiger partial charge on any atom is -0.313 e. The first-order valence-corrected chi connectivity index (χ1v) is 9.94. The second kappa shape index (κ2) is 7.46. The molecule has 0 bridgehead atoms. The van der Waals surface area contributed by atoms with Gasteiger partial charge < -0.3 is 5.32 Å². The van der Waals surface area contributed by atoms with Gasteiger partial charge in [0, 0.05) is 30.6 Å². The molecule has 2 heterocycles. The average molecular weight is 346 g/mol. The van der Waals surface area contributed by atoms with Crippen LogP contribution in [0.4, 0.5) is 0 Å². The minimum atomic E-state index is -3.41. The van der Waals surface area contributed by atoms with E-state index in [0.29, 0.717) is 23.7 Å². The Morgan fingerprint density at radius 3 is 2.76 bits per heavy atom. The van der Waals surface area contributed by atoms with Crippen LogP contribution in [0.2, 0.25) is 0 Å². The highest BCUT2D eigenvalue weighted by molar-refractivity contribution is 7.91. The van der Waals surface area contributed by atoms with Crippen molar-refractivity contribution in [3.63, 3.8) is 0 Å². The molecular formula is C13H19N3O2S3. The van der Waals surface area contributed by atoms with Crippen molar-refractivity contribution >= 4 is 32.7 Å². The van der Waals surface area contributed by atoms with E-state index in [4.69, 9.17) is 0 Å². The Labute approximate surface area is 133 Å². The number of thiophene rings is 1. The number of hydrogen-bond acceptors (Lipinski definition) is 6. The van der Waals surface area contributed by atoms with E-state index in [0.717, 1.165) is 22.8 Å². The number of thiazole rings is 1. The van der Waals surface area contributed by atoms with Gasteiger partial charge in [-0.1, -0.05) is 6.92 Å². The fraction of sp³-hybridized carbons (Fsp3) is 0.462. The second-order valence-electron chi connectivity index (χ2n) is 4.58. The summed E-state index contributed by atoms with van der Waals surface area (Å²) in [5.74, 6) is 0. The zero-order valence-corrected chi connectivity index (χ0v) is 14.5. The molecule has 0 aliphatic carbocycles. The summed E-state index contributed by atoms with van der Waals surface area (Å²) in [4.78, 5) is 4.32. The lowest BCUT2D eigenvalue weighted by atomic mass is 10.3. The molecule has 2 rings (SSSR count). The van der Waals surface area contributed by atoms with Crippen molar-refractivity contribution in [3.05, 3.63) is 33.1 Å². The molecule has 116 valence electrons. The molecule has 0 spiro atoms. The van der Waals surface area contributed by atoms with Gasteiger partial charge in [0.25, 0.3) is 0 Å². The summed E-state index contributed by atoms with van der Waals surface area (Å²) in [6.45, 7) is 5.88. The molecule has 0 radical (unpaired) electrons. The van der Waals surface area contributed by atoms with Crippen molar-refractivity contribution in [2.24, 2.45) is 0 Å². The number of nitrogens with zero attached hydrogens (tertiary/aromatic N) is 1. The minimum absolute atomic E-state index is 0.366. The van der Waals surface area contributed by atoms with Gasteiger partial charge in [-0.15, -0.1) is 22.7 Å². The van der Waals surface area contributed by atoms with Crippen molar-refractivity contribution < 1.29 is 8.42 Å². The summed E-state index contributed by atoms with van der Waals surface area (Å²) < 4.78 is 27.4. The van der Waals surface area contributed by atoms with Crippen molar-refractivity contribution in [1.29, 1.82) is 0 Å². The van der Waals surface area contributed by atoms with Crippen molar-refractivity contribution in [1.82, 2.24) is 15.0 Å². The summed E-state index contributed by atoms with van der Waals surface area (Å²) in [6, 6.07) is 1.73. The van der Waals surface area contributed by atoms with E-state index in [1.165, 1.54) is 11.3 Å². The maximum Gasteiger partial charge on any atom is 0.250 e. The zero-order valence-electron chi connectivity index (χ0n) is 12.0. The zero-order chi connectivity index (χ0) is 15.3. The predicted octanol–water partition coefficient (Wildman–Crippen LogP) is 2.14. The molecule has 0 saturated carbocycles. The van der Waals surface area contributed by atoms with Crippen LogP contribution in [0.1, 0.15) is 23.2 Å². The fourth-order valence-corrected chi connectivity index (χ4v) is 4.80. The molecule has 2 N–H and O–H groups in total. The van der Waals surface area contributed by atoms with Crippen LogP contribution < -0.4 is 10.0 Å². The van der Waals surface area contributed by atoms with E-state index in [-0.39, 0.29) is 0 Å². The van der Waals surface area contributed by atoms with Gasteiger partial charge in [-0.3, -0.25) is 0 Å². The van der Waals surface area contributed by atoms with Gasteiger partial charge in [0.15, 0.2) is 0 Å². The summed E-state index contributed by atoms with van der Waals surface area (Å²) in [6.07, 6.45) is 0.618. The van der Waals surface area contributed by atoms with E-state index < -0.39 is 10.0 Å². The number of aromatic nitrogens is 1. The molecule has 0 aromatic carbocycles. The molecule has 0 amide bonds. The van der Waals surface area contributed by atoms with E-state index in [1.807, 2.05) is 24.6 Å². The Hall–Kier alpha value is -0.800. The number of hydrogen-bond donors (Lipinski definition) is 2. The molecule has 0 saturated heterocycles. The van der Waals surface area contributed by atoms with Crippen molar-refractivity contribution in [2.75, 3.05) is 13.1 Å². The maximum absolute atomic E-state index is 12.2. The van der Waals surface area contributed by atoms with Crippen LogP contribution in [0, 0.1) is 6.92 Å². The number of sulfonamides is 1. The Kier molecular flexibility index (Phi) is 5.88. The molecule has 8 heteroatoms. The lowest BCUT2D eigenvalue weighted by molar-refractivity contribution is 0.583. The Morgan fingerprint density at radius 2 is 2.10 bits per heavy atom. The van der Waals surface area contributed by atoms with Crippen LogP contribution in [0.15, 0.2) is 21.0 Å². The van der Waals surface area contributed by atoms with E-state index in [9.17, 15) is 8.42 Å². The highest BCUT2D eigenvalue weighted by Crippen LogP contribution is 2.20. The van der Waals surface area contributed by atoms with Gasteiger partial charge >= 0.3 is 0 Å². The number of aryl methyl sites for hydroxylation is 1. The SMILES string of the molecule is CCNCc1csc(S(=O)(=O)NCCc2nc(C)cs2)c1. The smallest absolute Gasteiger partial charge is 0.250 e. The van der Waals surface area contributed by atoms with Crippen molar-refractivity contribution in [3.8, 4) is 0 Å². The number of nitrogens with one attached hydrogen (secondary N) is 2. The second-order valence-corrected chi connectivity index (χ2v) is 8.43. The van der Waals surface area contributed by atoms with Crippen LogP contribution in [0.25, 0.3) is 0 Å². The van der Waals surface area contributed by atoms with Crippen LogP contribution in [0.3, 0.4) is 0 Å². The molecule has 0 fully saturated rings. The normalized spacial score (nSPS) is 11.9. The third kappa shape index (κ3) is 4.86. The van der Waals surface area contributed by atoms with E-state index in [1.54, 1.807) is 17.4 Å². The first-order chi connectivity index (χ1) is 10.0. The Morgan fingerprint density at radius 1 is 1.29 bits per heavy atom. The molecule has 21 heavy (non-hydrogen) atoms. The molecule has 0 aliphatic heterocycles. The van der Waals surface area contributed by atoms with Crippen LogP contribution >= 0.6 is 22.7 Å². The molecule has 5 nitrogen and oxygen atoms in total. The molecule has 2 aromatic rings. The van der Waals surface area contributed by atoms with Gasteiger partial charge in [0.05, 0.1) is 5.01 Å². The standard InChI is InChI=1S/C13H19N3O2S3/c1-3-14-7-11-6-13(20-9-11)21(17,18)15-5-4-12-16-10(2)8-19-12/h6,8-9,14-15H,3-5,7H2,1-2H3. The van der Waals surface area contributed by atoms with Crippen LogP contribution in [-0.2, 0) is 23.0 Å². The topological polar surface area (TPSA) is 71.1 Å². The largest absolute Gasteiger partial charge is 0.313 e. The van der Waals surface area contributed by atoms with Gasteiger partial charge in [0.1, 0.15) is 4.21 Å². The number of rotatable bonds is 8. The third-order valence-corrected chi connectivity index (χ3v) is 6.75. The van der Waals surface area contributed by atoms with Crippen molar-refractivity contribution in [2.45, 2.75) is 31.0 Å². The molecule has 2 aromatic heterocycles. The first-order valence-electron chi connectivity index (χ1n) is 6.70. The van der Waals surface area contributed by atoms with Gasteiger partial charge in [-0.2, -0.15) is 0 Å². The first kappa shape index (κ1) is 16.6. The van der Waals surface area contributed by atoms with Crippen LogP contribution in [-0.4, -0.2) is 26.5 Å². The maximum atomic E-state index is 12.2. The lowest BCUT2D eigenvalue weighted by Gasteiger charge is -2.03. The molecule has 0 aliphatic rings. The van der Waals surface area contributed by atoms with E-state index in [2.05, 4.69) is 15.0 Å². The Bertz CT molecular complexity index is 676. The third-order valence-electron chi connectivity index (χ3n) is 2.77. The molecule has 0 unspecified atom stereocenters. The van der Waals surface area contributed by atoms with Crippen LogP contribution in [0.5, 0.6) is 0 Å². The summed E-state index contributed by atoms with van der Waals surface area (Å²) >= 11 is 2.81. The summed E-state index contributed by atoms with van der Waals surface area (Å²) in [7, 11) is -3.41. The molecular weight excluding hydrogens is 326 g/mol. The summed E-state index contributed by atoms with van der Waals surface area (Å²) in [5, 5.41) is 7.98. The highest BCUT2D eigenvalue weighted by Gasteiger charge is 2.16. The van der Waals surface area contributed by atoms with Gasteiger partial charge in [-0.05, 0) is 30.5 Å². The highest BCUT2D eigenvalue weighted by atomic mass is 32.2. The molecule has 0 atom stereocenters. The lowest BCUT2D eigenvalue weighted by Crippen LogP contribution is -2.25.